The normalized spacial score (nSPS) is 21.5. The monoisotopic (exact) mass is 474 g/mol. The van der Waals surface area contributed by atoms with Crippen LogP contribution in [0.25, 0.3) is 16.6 Å². The first kappa shape index (κ1) is 24.0. The Kier molecular flexibility index (Phi) is 6.49. The van der Waals surface area contributed by atoms with E-state index >= 15 is 0 Å². The summed E-state index contributed by atoms with van der Waals surface area (Å²) in [7, 11) is 0. The van der Waals surface area contributed by atoms with E-state index in [0.29, 0.717) is 36.9 Å². The van der Waals surface area contributed by atoms with Gasteiger partial charge in [0, 0.05) is 49.7 Å². The lowest BCUT2D eigenvalue weighted by Gasteiger charge is -2.40. The molecule has 2 aliphatic rings. The number of aromatic nitrogens is 2. The minimum Gasteiger partial charge on any atom is -0.488 e. The van der Waals surface area contributed by atoms with Crippen molar-refractivity contribution in [3.63, 3.8) is 0 Å². The van der Waals surface area contributed by atoms with Gasteiger partial charge in [0.25, 0.3) is 0 Å². The third kappa shape index (κ3) is 5.65. The number of fused-ring (bicyclic) bond motifs is 1. The van der Waals surface area contributed by atoms with Crippen molar-refractivity contribution in [1.82, 2.24) is 20.0 Å². The van der Waals surface area contributed by atoms with Crippen molar-refractivity contribution >= 4 is 22.4 Å². The maximum absolute atomic E-state index is 12.6. The largest absolute Gasteiger partial charge is 0.488 e. The predicted molar refractivity (Wildman–Crippen MR) is 126 cm³/mol. The second-order valence-electron chi connectivity index (χ2n) is 9.23. The third-order valence-corrected chi connectivity index (χ3v) is 6.36. The van der Waals surface area contributed by atoms with Crippen molar-refractivity contribution in [3.8, 4) is 18.2 Å². The number of nitrogens with one attached hydrogen (secondary N) is 1. The van der Waals surface area contributed by atoms with Crippen LogP contribution in [-0.4, -0.2) is 69.8 Å². The maximum Gasteiger partial charge on any atom is 0.390 e. The fraction of sp³-hybridized carbons (Fsp3) is 0.500. The minimum atomic E-state index is -4.17. The Hall–Kier alpha value is -3.19. The molecular weight excluding hydrogens is 445 g/mol. The molecule has 1 saturated carbocycles. The van der Waals surface area contributed by atoms with Gasteiger partial charge in [-0.1, -0.05) is 6.42 Å². The molecule has 0 bridgehead atoms. The molecule has 0 unspecified atom stereocenters. The molecule has 1 aliphatic heterocycles. The quantitative estimate of drug-likeness (QED) is 0.379. The van der Waals surface area contributed by atoms with Crippen LogP contribution in [0.2, 0.25) is 0 Å². The van der Waals surface area contributed by atoms with Gasteiger partial charge in [-0.2, -0.15) is 23.3 Å². The van der Waals surface area contributed by atoms with E-state index in [2.05, 4.69) is 28.2 Å². The molecule has 1 aromatic carbocycles. The van der Waals surface area contributed by atoms with Crippen molar-refractivity contribution in [2.24, 2.45) is 10.7 Å². The van der Waals surface area contributed by atoms with Crippen molar-refractivity contribution in [2.75, 3.05) is 26.2 Å². The minimum absolute atomic E-state index is 0.0270. The van der Waals surface area contributed by atoms with Crippen molar-refractivity contribution in [3.05, 3.63) is 30.0 Å². The molecule has 1 aromatic heterocycles. The van der Waals surface area contributed by atoms with Crippen molar-refractivity contribution in [1.29, 1.82) is 0 Å². The number of hydrogen-bond donors (Lipinski definition) is 2. The van der Waals surface area contributed by atoms with Crippen LogP contribution in [-0.2, 0) is 0 Å². The summed E-state index contributed by atoms with van der Waals surface area (Å²) in [6.45, 7) is 5.39. The highest BCUT2D eigenvalue weighted by Crippen LogP contribution is 2.40. The van der Waals surface area contributed by atoms with Crippen LogP contribution in [0.1, 0.15) is 38.8 Å². The zero-order valence-corrected chi connectivity index (χ0v) is 19.3. The Morgan fingerprint density at radius 2 is 2.18 bits per heavy atom. The second kappa shape index (κ2) is 9.22. The molecule has 10 heteroatoms. The lowest BCUT2D eigenvalue weighted by atomic mass is 10.1. The first-order valence-electron chi connectivity index (χ1n) is 11.3. The Morgan fingerprint density at radius 1 is 1.41 bits per heavy atom. The van der Waals surface area contributed by atoms with Crippen LogP contribution in [0.3, 0.4) is 0 Å². The van der Waals surface area contributed by atoms with Gasteiger partial charge in [0.1, 0.15) is 22.9 Å². The van der Waals surface area contributed by atoms with E-state index in [1.807, 2.05) is 34.9 Å². The Balaban J connectivity index is 1.51. The summed E-state index contributed by atoms with van der Waals surface area (Å²) in [5.41, 5.74) is 8.07. The molecule has 0 spiro atoms. The van der Waals surface area contributed by atoms with E-state index in [1.54, 1.807) is 6.08 Å². The highest BCUT2D eigenvalue weighted by molar-refractivity contribution is 6.02. The number of aliphatic imine (C=N–C) groups is 1. The number of piperazine rings is 1. The highest BCUT2D eigenvalue weighted by Gasteiger charge is 2.40. The summed E-state index contributed by atoms with van der Waals surface area (Å²) in [6.07, 6.45) is 4.18. The first-order valence-corrected chi connectivity index (χ1v) is 11.3. The third-order valence-electron chi connectivity index (χ3n) is 6.36. The molecule has 34 heavy (non-hydrogen) atoms. The van der Waals surface area contributed by atoms with Crippen molar-refractivity contribution in [2.45, 2.75) is 50.9 Å². The number of aromatic amines is 1. The molecule has 0 radical (unpaired) electrons. The predicted octanol–water partition coefficient (Wildman–Crippen LogP) is 3.74. The molecule has 0 amide bonds. The summed E-state index contributed by atoms with van der Waals surface area (Å²) in [6, 6.07) is 7.92. The van der Waals surface area contributed by atoms with Crippen LogP contribution in [0.4, 0.5) is 13.2 Å². The lowest BCUT2D eigenvalue weighted by molar-refractivity contribution is -0.139. The summed E-state index contributed by atoms with van der Waals surface area (Å²) in [5.74, 6) is 1.24. The van der Waals surface area contributed by atoms with E-state index in [4.69, 9.17) is 16.9 Å². The van der Waals surface area contributed by atoms with Crippen molar-refractivity contribution < 1.29 is 17.9 Å². The van der Waals surface area contributed by atoms with Gasteiger partial charge in [-0.3, -0.25) is 10.00 Å². The Labute approximate surface area is 196 Å². The summed E-state index contributed by atoms with van der Waals surface area (Å²) < 4.78 is 43.9. The first-order chi connectivity index (χ1) is 16.1. The van der Waals surface area contributed by atoms with Gasteiger partial charge in [-0.15, -0.1) is 0 Å². The second-order valence-corrected chi connectivity index (χ2v) is 9.23. The number of nitrogens with two attached hydrogens (primary N) is 1. The highest BCUT2D eigenvalue weighted by atomic mass is 19.4. The van der Waals surface area contributed by atoms with Gasteiger partial charge in [0.15, 0.2) is 0 Å². The zero-order chi connectivity index (χ0) is 24.5. The number of amidine groups is 1. The molecule has 1 aliphatic carbocycles. The van der Waals surface area contributed by atoms with E-state index < -0.39 is 12.6 Å². The molecule has 4 rings (SSSR count). The fourth-order valence-electron chi connectivity index (χ4n) is 4.11. The van der Waals surface area contributed by atoms with Gasteiger partial charge in [-0.05, 0) is 44.9 Å². The molecular formula is C24H29F3N6O. The Bertz CT molecular complexity index is 1140. The van der Waals surface area contributed by atoms with Crippen LogP contribution in [0.5, 0.6) is 5.75 Å². The molecule has 2 fully saturated rings. The number of ether oxygens (including phenoxy) is 1. The molecule has 1 saturated heterocycles. The van der Waals surface area contributed by atoms with Gasteiger partial charge >= 0.3 is 6.18 Å². The molecule has 7 nitrogen and oxygen atoms in total. The van der Waals surface area contributed by atoms with Crippen LogP contribution in [0, 0.1) is 12.5 Å². The SMILES string of the molecule is C#CN=C(/C=C(\N)c1n[nH]c2ccc(OC3(C)CC3)cc12)N1CCN(CCC(F)(F)F)[C@@H](C)C1. The number of alkyl halides is 3. The average Bonchev–Trinajstić information content (AvgIpc) is 3.34. The van der Waals surface area contributed by atoms with Gasteiger partial charge < -0.3 is 15.4 Å². The van der Waals surface area contributed by atoms with Crippen LogP contribution < -0.4 is 10.5 Å². The van der Waals surface area contributed by atoms with Gasteiger partial charge in [0.2, 0.25) is 0 Å². The topological polar surface area (TPSA) is 82.8 Å². The average molecular weight is 475 g/mol. The molecule has 182 valence electrons. The van der Waals surface area contributed by atoms with Gasteiger partial charge in [0.05, 0.1) is 17.6 Å². The standard InChI is InChI=1S/C24H29F3N6O/c1-4-29-21(33-12-11-32(16(2)15-33)10-9-24(25,26)27)14-19(28)22-18-13-17(34-23(3)7-8-23)5-6-20(18)30-31-22/h1,5-6,13-14,16H,7-12,15,28H2,2-3H3,(H,30,31)/b19-14-,29-21?/t16-/m0/s1. The van der Waals surface area contributed by atoms with Gasteiger partial charge in [-0.25, -0.2) is 0 Å². The summed E-state index contributed by atoms with van der Waals surface area (Å²) >= 11 is 0. The molecule has 2 heterocycles. The number of nitrogens with zero attached hydrogens (tertiary/aromatic N) is 4. The molecule has 1 atom stereocenters. The number of benzene rings is 1. The van der Waals surface area contributed by atoms with Crippen LogP contribution in [0.15, 0.2) is 29.3 Å². The summed E-state index contributed by atoms with van der Waals surface area (Å²) in [5, 5.41) is 8.17. The number of rotatable bonds is 6. The van der Waals surface area contributed by atoms with E-state index in [-0.39, 0.29) is 18.2 Å². The molecule has 2 aromatic rings. The van der Waals surface area contributed by atoms with E-state index in [9.17, 15) is 13.2 Å². The maximum atomic E-state index is 12.6. The number of hydrogen-bond acceptors (Lipinski definition) is 5. The molecule has 3 N–H and O–H groups in total. The number of H-pyrrole nitrogens is 1. The smallest absolute Gasteiger partial charge is 0.390 e. The number of halogens is 3. The summed E-state index contributed by atoms with van der Waals surface area (Å²) in [4.78, 5) is 7.92. The van der Waals surface area contributed by atoms with E-state index in [0.717, 1.165) is 29.5 Å². The van der Waals surface area contributed by atoms with E-state index in [1.165, 1.54) is 0 Å². The lowest BCUT2D eigenvalue weighted by Crippen LogP contribution is -2.53. The van der Waals surface area contributed by atoms with Crippen LogP contribution >= 0.6 is 0 Å². The fourth-order valence-corrected chi connectivity index (χ4v) is 4.11. The Morgan fingerprint density at radius 3 is 2.82 bits per heavy atom. The number of terminal acetylenes is 1. The zero-order valence-electron chi connectivity index (χ0n) is 19.3.